The topological polar surface area (TPSA) is 87.7 Å². The van der Waals surface area contributed by atoms with E-state index < -0.39 is 23.8 Å². The van der Waals surface area contributed by atoms with Gasteiger partial charge in [0.05, 0.1) is 0 Å². The Morgan fingerprint density at radius 3 is 2.18 bits per heavy atom. The number of amides is 3. The Morgan fingerprint density at radius 1 is 0.949 bits per heavy atom. The molecule has 0 bridgehead atoms. The number of nitrogens with zero attached hydrogens (tertiary/aromatic N) is 1. The van der Waals surface area contributed by atoms with Crippen LogP contribution in [0.3, 0.4) is 0 Å². The summed E-state index contributed by atoms with van der Waals surface area (Å²) in [6.45, 7) is 14.2. The van der Waals surface area contributed by atoms with Gasteiger partial charge >= 0.3 is 6.09 Å². The second-order valence-electron chi connectivity index (χ2n) is 11.5. The fourth-order valence-electron chi connectivity index (χ4n) is 4.47. The molecule has 0 fully saturated rings. The number of benzene rings is 2. The van der Waals surface area contributed by atoms with E-state index in [2.05, 4.69) is 17.6 Å². The molecule has 0 saturated heterocycles. The van der Waals surface area contributed by atoms with Crippen molar-refractivity contribution in [1.82, 2.24) is 15.5 Å². The molecule has 0 spiro atoms. The van der Waals surface area contributed by atoms with E-state index in [4.69, 9.17) is 4.74 Å². The van der Waals surface area contributed by atoms with Crippen molar-refractivity contribution in [2.24, 2.45) is 5.92 Å². The predicted octanol–water partition coefficient (Wildman–Crippen LogP) is 6.31. The maximum atomic E-state index is 14.3. The summed E-state index contributed by atoms with van der Waals surface area (Å²) in [5.41, 5.74) is 1.97. The first-order valence-corrected chi connectivity index (χ1v) is 14.1. The summed E-state index contributed by atoms with van der Waals surface area (Å²) in [5, 5.41) is 5.87. The van der Waals surface area contributed by atoms with Gasteiger partial charge in [-0.25, -0.2) is 4.79 Å². The lowest BCUT2D eigenvalue weighted by Gasteiger charge is -2.35. The SMILES string of the molecule is CCCCCN(C(=O)C(CC(C)C)NC(=O)OC(C)(C)C)C(C(=O)NCc1ccccc1)c1ccccc1C. The van der Waals surface area contributed by atoms with E-state index in [1.54, 1.807) is 25.7 Å². The van der Waals surface area contributed by atoms with Crippen LogP contribution < -0.4 is 10.6 Å². The van der Waals surface area contributed by atoms with Crippen molar-refractivity contribution in [1.29, 1.82) is 0 Å². The quantitative estimate of drug-likeness (QED) is 0.293. The van der Waals surface area contributed by atoms with Gasteiger partial charge in [-0.2, -0.15) is 0 Å². The smallest absolute Gasteiger partial charge is 0.408 e. The first kappa shape index (κ1) is 31.9. The van der Waals surface area contributed by atoms with Crippen molar-refractivity contribution in [2.75, 3.05) is 6.54 Å². The predicted molar refractivity (Wildman–Crippen MR) is 156 cm³/mol. The standard InChI is InChI=1S/C32H47N3O4/c1-8-9-15-20-35(30(37)27(21-23(2)3)34-31(38)39-32(5,6)7)28(26-19-14-13-16-24(26)4)29(36)33-22-25-17-11-10-12-18-25/h10-14,16-19,23,27-28H,8-9,15,20-22H2,1-7H3,(H,33,36)(H,34,38). The van der Waals surface area contributed by atoms with Crippen LogP contribution in [-0.2, 0) is 20.9 Å². The third-order valence-electron chi connectivity index (χ3n) is 6.33. The molecule has 7 nitrogen and oxygen atoms in total. The number of carbonyl (C=O) groups excluding carboxylic acids is 3. The highest BCUT2D eigenvalue weighted by atomic mass is 16.6. The summed E-state index contributed by atoms with van der Waals surface area (Å²) in [4.78, 5) is 42.5. The van der Waals surface area contributed by atoms with E-state index in [-0.39, 0.29) is 17.7 Å². The molecular formula is C32H47N3O4. The molecule has 2 unspecified atom stereocenters. The van der Waals surface area contributed by atoms with Crippen LogP contribution in [0, 0.1) is 12.8 Å². The average molecular weight is 538 g/mol. The third kappa shape index (κ3) is 10.7. The first-order chi connectivity index (χ1) is 18.4. The van der Waals surface area contributed by atoms with Crippen LogP contribution in [0.5, 0.6) is 0 Å². The molecule has 0 saturated carbocycles. The van der Waals surface area contributed by atoms with Crippen molar-refractivity contribution >= 4 is 17.9 Å². The van der Waals surface area contributed by atoms with E-state index in [0.29, 0.717) is 19.5 Å². The number of unbranched alkanes of at least 4 members (excludes halogenated alkanes) is 2. The van der Waals surface area contributed by atoms with Gasteiger partial charge in [-0.15, -0.1) is 0 Å². The van der Waals surface area contributed by atoms with Crippen LogP contribution in [-0.4, -0.2) is 41.0 Å². The van der Waals surface area contributed by atoms with Crippen molar-refractivity contribution in [3.63, 3.8) is 0 Å². The number of hydrogen-bond donors (Lipinski definition) is 2. The summed E-state index contributed by atoms with van der Waals surface area (Å²) in [6.07, 6.45) is 2.43. The molecule has 0 aliphatic heterocycles. The Hall–Kier alpha value is -3.35. The van der Waals surface area contributed by atoms with E-state index in [1.807, 2.05) is 75.4 Å². The Bertz CT molecular complexity index is 1060. The molecule has 3 amide bonds. The summed E-state index contributed by atoms with van der Waals surface area (Å²) < 4.78 is 5.48. The summed E-state index contributed by atoms with van der Waals surface area (Å²) in [7, 11) is 0. The van der Waals surface area contributed by atoms with Gasteiger partial charge < -0.3 is 20.3 Å². The highest BCUT2D eigenvalue weighted by Crippen LogP contribution is 2.27. The number of rotatable bonds is 13. The molecule has 39 heavy (non-hydrogen) atoms. The van der Waals surface area contributed by atoms with Gasteiger partial charge in [0.15, 0.2) is 0 Å². The number of hydrogen-bond acceptors (Lipinski definition) is 4. The molecule has 7 heteroatoms. The van der Waals surface area contributed by atoms with Crippen LogP contribution in [0.2, 0.25) is 0 Å². The van der Waals surface area contributed by atoms with Crippen molar-refractivity contribution in [3.05, 3.63) is 71.3 Å². The molecule has 0 radical (unpaired) electrons. The number of alkyl carbamates (subject to hydrolysis) is 1. The second kappa shape index (κ2) is 15.3. The zero-order valence-corrected chi connectivity index (χ0v) is 24.8. The van der Waals surface area contributed by atoms with E-state index in [0.717, 1.165) is 36.0 Å². The fourth-order valence-corrected chi connectivity index (χ4v) is 4.47. The van der Waals surface area contributed by atoms with Gasteiger partial charge in [0, 0.05) is 13.1 Å². The lowest BCUT2D eigenvalue weighted by atomic mass is 9.96. The lowest BCUT2D eigenvalue weighted by Crippen LogP contribution is -2.53. The molecule has 0 aliphatic carbocycles. The third-order valence-corrected chi connectivity index (χ3v) is 6.33. The normalized spacial score (nSPS) is 12.9. The number of carbonyl (C=O) groups is 3. The minimum absolute atomic E-state index is 0.134. The Labute approximate surface area is 234 Å². The molecule has 214 valence electrons. The summed E-state index contributed by atoms with van der Waals surface area (Å²) >= 11 is 0. The zero-order chi connectivity index (χ0) is 29.0. The fraction of sp³-hybridized carbons (Fsp3) is 0.531. The van der Waals surface area contributed by atoms with Crippen molar-refractivity contribution in [3.8, 4) is 0 Å². The molecule has 0 aromatic heterocycles. The highest BCUT2D eigenvalue weighted by molar-refractivity contribution is 5.92. The van der Waals surface area contributed by atoms with Crippen LogP contribution in [0.1, 0.15) is 90.0 Å². The number of aryl methyl sites for hydroxylation is 1. The van der Waals surface area contributed by atoms with E-state index in [1.165, 1.54) is 0 Å². The van der Waals surface area contributed by atoms with Gasteiger partial charge in [0.1, 0.15) is 17.7 Å². The van der Waals surface area contributed by atoms with Crippen LogP contribution in [0.25, 0.3) is 0 Å². The molecule has 2 N–H and O–H groups in total. The van der Waals surface area contributed by atoms with Gasteiger partial charge in [0.2, 0.25) is 11.8 Å². The van der Waals surface area contributed by atoms with Gasteiger partial charge in [-0.3, -0.25) is 9.59 Å². The van der Waals surface area contributed by atoms with Crippen LogP contribution in [0.15, 0.2) is 54.6 Å². The van der Waals surface area contributed by atoms with E-state index in [9.17, 15) is 14.4 Å². The zero-order valence-electron chi connectivity index (χ0n) is 24.8. The second-order valence-corrected chi connectivity index (χ2v) is 11.5. The Morgan fingerprint density at radius 2 is 1.59 bits per heavy atom. The van der Waals surface area contributed by atoms with Crippen molar-refractivity contribution in [2.45, 2.75) is 98.4 Å². The molecule has 2 aromatic rings. The maximum Gasteiger partial charge on any atom is 0.408 e. The monoisotopic (exact) mass is 537 g/mol. The highest BCUT2D eigenvalue weighted by Gasteiger charge is 2.36. The van der Waals surface area contributed by atoms with Gasteiger partial charge in [0.25, 0.3) is 0 Å². The molecule has 0 heterocycles. The summed E-state index contributed by atoms with van der Waals surface area (Å²) in [5.74, 6) is -0.400. The van der Waals surface area contributed by atoms with E-state index >= 15 is 0 Å². The largest absolute Gasteiger partial charge is 0.444 e. The molecular weight excluding hydrogens is 490 g/mol. The summed E-state index contributed by atoms with van der Waals surface area (Å²) in [6, 6.07) is 15.7. The number of ether oxygens (including phenoxy) is 1. The van der Waals surface area contributed by atoms with Crippen LogP contribution in [0.4, 0.5) is 4.79 Å². The van der Waals surface area contributed by atoms with Gasteiger partial charge in [-0.05, 0) is 63.1 Å². The molecule has 2 atom stereocenters. The average Bonchev–Trinajstić information content (AvgIpc) is 2.86. The minimum atomic E-state index is -0.839. The molecule has 2 rings (SSSR count). The maximum absolute atomic E-state index is 14.3. The Kier molecular flexibility index (Phi) is 12.5. The number of nitrogens with one attached hydrogen (secondary N) is 2. The Balaban J connectivity index is 2.48. The van der Waals surface area contributed by atoms with Gasteiger partial charge in [-0.1, -0.05) is 88.2 Å². The first-order valence-electron chi connectivity index (χ1n) is 14.1. The van der Waals surface area contributed by atoms with Crippen LogP contribution >= 0.6 is 0 Å². The molecule has 0 aliphatic rings. The van der Waals surface area contributed by atoms with Crippen molar-refractivity contribution < 1.29 is 19.1 Å². The minimum Gasteiger partial charge on any atom is -0.444 e. The molecule has 2 aromatic carbocycles. The lowest BCUT2D eigenvalue weighted by molar-refractivity contribution is -0.143.